The number of carbonyl (C=O) groups is 1. The second-order valence-corrected chi connectivity index (χ2v) is 6.64. The van der Waals surface area contributed by atoms with Crippen LogP contribution in [0.2, 0.25) is 0 Å². The number of ether oxygens (including phenoxy) is 1. The van der Waals surface area contributed by atoms with E-state index in [0.717, 1.165) is 5.69 Å². The van der Waals surface area contributed by atoms with Crippen molar-refractivity contribution in [2.24, 2.45) is 0 Å². The molecule has 2 atom stereocenters. The zero-order chi connectivity index (χ0) is 14.5. The molecule has 2 N–H and O–H groups in total. The van der Waals surface area contributed by atoms with Gasteiger partial charge in [-0.05, 0) is 33.0 Å². The van der Waals surface area contributed by atoms with Crippen LogP contribution in [0.4, 0.5) is 0 Å². The summed E-state index contributed by atoms with van der Waals surface area (Å²) >= 11 is 5.45. The first-order valence-electron chi connectivity index (χ1n) is 6.62. The van der Waals surface area contributed by atoms with Crippen molar-refractivity contribution in [3.63, 3.8) is 0 Å². The van der Waals surface area contributed by atoms with Crippen molar-refractivity contribution in [1.82, 2.24) is 20.2 Å². The molecular weight excluding hydrogens is 276 g/mol. The molecule has 7 heteroatoms. The van der Waals surface area contributed by atoms with Crippen LogP contribution in [0.3, 0.4) is 0 Å². The maximum absolute atomic E-state index is 12.2. The van der Waals surface area contributed by atoms with Gasteiger partial charge in [0.25, 0.3) is 0 Å². The Morgan fingerprint density at radius 2 is 2.30 bits per heavy atom. The molecule has 0 aromatic carbocycles. The highest BCUT2D eigenvalue weighted by atomic mass is 32.1. The third-order valence-corrected chi connectivity index (χ3v) is 4.11. The van der Waals surface area contributed by atoms with Crippen molar-refractivity contribution in [2.75, 3.05) is 0 Å². The average molecular weight is 294 g/mol. The highest BCUT2D eigenvalue weighted by molar-refractivity contribution is 7.80. The molecule has 1 aromatic heterocycles. The number of fused-ring (bicyclic) bond motifs is 1. The maximum Gasteiger partial charge on any atom is 0.331 e. The van der Waals surface area contributed by atoms with Crippen molar-refractivity contribution in [2.45, 2.75) is 50.9 Å². The Kier molecular flexibility index (Phi) is 2.79. The van der Waals surface area contributed by atoms with Crippen molar-refractivity contribution in [3.8, 4) is 0 Å². The summed E-state index contributed by atoms with van der Waals surface area (Å²) in [5.74, 6) is -0.232. The van der Waals surface area contributed by atoms with Gasteiger partial charge in [-0.3, -0.25) is 4.90 Å². The number of esters is 1. The fraction of sp³-hybridized carbons (Fsp3) is 0.615. The third-order valence-electron chi connectivity index (χ3n) is 3.82. The van der Waals surface area contributed by atoms with Gasteiger partial charge in [0.15, 0.2) is 10.8 Å². The number of aromatic amines is 1. The number of hydrogen-bond acceptors (Lipinski definition) is 4. The summed E-state index contributed by atoms with van der Waals surface area (Å²) in [6, 6.07) is -0.406. The van der Waals surface area contributed by atoms with Gasteiger partial charge in [-0.25, -0.2) is 9.78 Å². The molecule has 3 rings (SSSR count). The minimum absolute atomic E-state index is 0.189. The lowest BCUT2D eigenvalue weighted by molar-refractivity contribution is -0.153. The number of rotatable bonds is 2. The second kappa shape index (κ2) is 4.18. The largest absolute Gasteiger partial charge is 0.437 e. The Labute approximate surface area is 122 Å². The molecule has 0 amide bonds. The van der Waals surface area contributed by atoms with Crippen LogP contribution in [-0.2, 0) is 16.0 Å². The highest BCUT2D eigenvalue weighted by Crippen LogP contribution is 2.39. The quantitative estimate of drug-likeness (QED) is 0.625. The summed E-state index contributed by atoms with van der Waals surface area (Å²) in [7, 11) is 0. The van der Waals surface area contributed by atoms with Crippen LogP contribution < -0.4 is 5.32 Å². The number of carbonyl (C=O) groups excluding carboxylic acids is 1. The van der Waals surface area contributed by atoms with Gasteiger partial charge in [0, 0.05) is 30.3 Å². The zero-order valence-electron chi connectivity index (χ0n) is 11.8. The summed E-state index contributed by atoms with van der Waals surface area (Å²) < 4.78 is 5.65. The van der Waals surface area contributed by atoms with E-state index in [-0.39, 0.29) is 11.5 Å². The monoisotopic (exact) mass is 294 g/mol. The predicted octanol–water partition coefficient (Wildman–Crippen LogP) is 0.953. The summed E-state index contributed by atoms with van der Waals surface area (Å²) in [4.78, 5) is 21.1. The van der Waals surface area contributed by atoms with E-state index in [0.29, 0.717) is 18.0 Å². The average Bonchev–Trinajstić information content (AvgIpc) is 2.84. The van der Waals surface area contributed by atoms with Crippen molar-refractivity contribution >= 4 is 23.3 Å². The van der Waals surface area contributed by atoms with E-state index < -0.39 is 11.8 Å². The Hall–Kier alpha value is -1.63. The smallest absolute Gasteiger partial charge is 0.331 e. The number of nitrogens with one attached hydrogen (secondary N) is 2. The fourth-order valence-corrected chi connectivity index (χ4v) is 3.84. The van der Waals surface area contributed by atoms with Gasteiger partial charge in [0.05, 0.1) is 6.33 Å². The molecule has 0 saturated carbocycles. The van der Waals surface area contributed by atoms with Crippen LogP contribution in [0, 0.1) is 0 Å². The topological polar surface area (TPSA) is 70.2 Å². The van der Waals surface area contributed by atoms with Gasteiger partial charge < -0.3 is 15.0 Å². The molecule has 3 heterocycles. The molecule has 108 valence electrons. The Balaban J connectivity index is 1.90. The molecule has 0 bridgehead atoms. The molecule has 20 heavy (non-hydrogen) atoms. The van der Waals surface area contributed by atoms with Crippen LogP contribution in [-0.4, -0.2) is 43.3 Å². The van der Waals surface area contributed by atoms with Gasteiger partial charge in [0.1, 0.15) is 6.04 Å². The van der Waals surface area contributed by atoms with Crippen LogP contribution in [0.15, 0.2) is 12.5 Å². The number of aromatic nitrogens is 2. The van der Waals surface area contributed by atoms with Crippen LogP contribution >= 0.6 is 12.2 Å². The fourth-order valence-electron chi connectivity index (χ4n) is 3.24. The number of nitrogens with zero attached hydrogens (tertiary/aromatic N) is 2. The minimum Gasteiger partial charge on any atom is -0.437 e. The molecule has 2 saturated heterocycles. The molecule has 6 nitrogen and oxygen atoms in total. The first kappa shape index (κ1) is 13.4. The Morgan fingerprint density at radius 3 is 2.95 bits per heavy atom. The third kappa shape index (κ3) is 2.06. The number of hydrogen-bond donors (Lipinski definition) is 2. The van der Waals surface area contributed by atoms with Gasteiger partial charge in [-0.2, -0.15) is 0 Å². The van der Waals surface area contributed by atoms with Crippen molar-refractivity contribution in [1.29, 1.82) is 0 Å². The highest BCUT2D eigenvalue weighted by Gasteiger charge is 2.56. The van der Waals surface area contributed by atoms with E-state index in [4.69, 9.17) is 17.0 Å². The molecule has 0 unspecified atom stereocenters. The minimum atomic E-state index is -0.673. The second-order valence-electron chi connectivity index (χ2n) is 6.25. The van der Waals surface area contributed by atoms with Crippen LogP contribution in [0.1, 0.15) is 32.9 Å². The van der Waals surface area contributed by atoms with Crippen molar-refractivity contribution < 1.29 is 9.53 Å². The van der Waals surface area contributed by atoms with Gasteiger partial charge in [0.2, 0.25) is 0 Å². The standard InChI is InChI=1S/C13H18N4O2S/c1-12(2)6-13(3)17(11(20)16-12)9(10(18)19-13)4-8-5-14-7-15-8/h5,7,9H,4,6H2,1-3H3,(H,14,15)(H,16,20)/t9-,13+/m1/s1. The van der Waals surface area contributed by atoms with E-state index in [1.165, 1.54) is 0 Å². The van der Waals surface area contributed by atoms with Crippen LogP contribution in [0.5, 0.6) is 0 Å². The molecular formula is C13H18N4O2S. The number of imidazole rings is 1. The Morgan fingerprint density at radius 1 is 1.55 bits per heavy atom. The SMILES string of the molecule is CC1(C)C[C@]2(C)OC(=O)[C@@H](Cc3cnc[nH]3)N2C(=S)N1. The summed E-state index contributed by atoms with van der Waals surface area (Å²) in [5, 5.41) is 3.85. The molecule has 0 radical (unpaired) electrons. The zero-order valence-corrected chi connectivity index (χ0v) is 12.6. The van der Waals surface area contributed by atoms with E-state index >= 15 is 0 Å². The molecule has 1 aromatic rings. The van der Waals surface area contributed by atoms with Gasteiger partial charge in [-0.15, -0.1) is 0 Å². The molecule has 0 aliphatic carbocycles. The maximum atomic E-state index is 12.2. The summed E-state index contributed by atoms with van der Waals surface area (Å²) in [6.45, 7) is 6.03. The lowest BCUT2D eigenvalue weighted by Gasteiger charge is -2.48. The van der Waals surface area contributed by atoms with Crippen molar-refractivity contribution in [3.05, 3.63) is 18.2 Å². The van der Waals surface area contributed by atoms with E-state index in [2.05, 4.69) is 29.1 Å². The molecule has 2 fully saturated rings. The van der Waals surface area contributed by atoms with E-state index in [1.54, 1.807) is 12.5 Å². The lowest BCUT2D eigenvalue weighted by atomic mass is 9.90. The molecule has 2 aliphatic rings. The van der Waals surface area contributed by atoms with Gasteiger partial charge >= 0.3 is 5.97 Å². The Bertz CT molecular complexity index is 557. The summed E-state index contributed by atoms with van der Waals surface area (Å²) in [6.07, 6.45) is 4.51. The first-order chi connectivity index (χ1) is 9.31. The lowest BCUT2D eigenvalue weighted by Crippen LogP contribution is -2.66. The first-order valence-corrected chi connectivity index (χ1v) is 7.03. The summed E-state index contributed by atoms with van der Waals surface area (Å²) in [5.41, 5.74) is 0.0304. The molecule has 0 spiro atoms. The number of thiocarbonyl (C=S) groups is 1. The normalized spacial score (nSPS) is 31.8. The predicted molar refractivity (Wildman–Crippen MR) is 76.8 cm³/mol. The van der Waals surface area contributed by atoms with E-state index in [9.17, 15) is 4.79 Å². The van der Waals surface area contributed by atoms with Gasteiger partial charge in [-0.1, -0.05) is 0 Å². The van der Waals surface area contributed by atoms with E-state index in [1.807, 2.05) is 11.8 Å². The number of H-pyrrole nitrogens is 1. The van der Waals surface area contributed by atoms with Crippen LogP contribution in [0.25, 0.3) is 0 Å². The molecule has 2 aliphatic heterocycles.